The van der Waals surface area contributed by atoms with Crippen molar-refractivity contribution in [3.05, 3.63) is 199 Å². The van der Waals surface area contributed by atoms with E-state index in [9.17, 15) is 0 Å². The molecule has 0 aliphatic carbocycles. The van der Waals surface area contributed by atoms with Crippen molar-refractivity contribution in [3.63, 3.8) is 0 Å². The molecule has 0 bridgehead atoms. The predicted molar refractivity (Wildman–Crippen MR) is 236 cm³/mol. The highest BCUT2D eigenvalue weighted by atomic mass is 16.3. The molecule has 1 aliphatic rings. The monoisotopic (exact) mass is 750 g/mol. The molecule has 1 aliphatic heterocycles. The van der Waals surface area contributed by atoms with Gasteiger partial charge in [0.05, 0.1) is 29.5 Å². The quantitative estimate of drug-likeness (QED) is 0.183. The summed E-state index contributed by atoms with van der Waals surface area (Å²) < 4.78 is 15.9. The molecule has 0 saturated carbocycles. The Bertz CT molecular complexity index is 3240. The third-order valence-corrected chi connectivity index (χ3v) is 12.2. The lowest BCUT2D eigenvalue weighted by Gasteiger charge is -2.45. The molecular formula is C52H38N4O2. The zero-order valence-electron chi connectivity index (χ0n) is 31.8. The van der Waals surface area contributed by atoms with E-state index in [-0.39, 0.29) is 18.5 Å². The van der Waals surface area contributed by atoms with Gasteiger partial charge in [-0.15, -0.1) is 0 Å². The van der Waals surface area contributed by atoms with Crippen molar-refractivity contribution >= 4 is 65.7 Å². The lowest BCUT2D eigenvalue weighted by Crippen LogP contribution is -2.54. The van der Waals surface area contributed by atoms with Crippen molar-refractivity contribution in [3.8, 4) is 16.8 Å². The Balaban J connectivity index is 0.960. The number of aromatic nitrogens is 1. The van der Waals surface area contributed by atoms with Crippen LogP contribution in [0.3, 0.4) is 0 Å². The van der Waals surface area contributed by atoms with Gasteiger partial charge in [-0.2, -0.15) is 0 Å². The van der Waals surface area contributed by atoms with Gasteiger partial charge < -0.3 is 13.4 Å². The van der Waals surface area contributed by atoms with Crippen LogP contribution in [-0.2, 0) is 0 Å². The van der Waals surface area contributed by atoms with Crippen molar-refractivity contribution < 1.29 is 8.83 Å². The lowest BCUT2D eigenvalue weighted by molar-refractivity contribution is 0.0416. The number of hydrogen-bond acceptors (Lipinski definition) is 5. The zero-order chi connectivity index (χ0) is 38.3. The molecule has 0 radical (unpaired) electrons. The molecule has 12 rings (SSSR count). The van der Waals surface area contributed by atoms with Crippen LogP contribution in [0.4, 0.5) is 0 Å². The zero-order valence-corrected chi connectivity index (χ0v) is 31.8. The van der Waals surface area contributed by atoms with Gasteiger partial charge in [-0.05, 0) is 65.7 Å². The first-order chi connectivity index (χ1) is 28.7. The van der Waals surface area contributed by atoms with E-state index in [1.165, 1.54) is 32.9 Å². The first-order valence-corrected chi connectivity index (χ1v) is 19.9. The third kappa shape index (κ3) is 5.10. The van der Waals surface area contributed by atoms with Crippen LogP contribution >= 0.6 is 0 Å². The minimum atomic E-state index is -0.125. The lowest BCUT2D eigenvalue weighted by atomic mass is 9.97. The number of benzene rings is 8. The van der Waals surface area contributed by atoms with E-state index in [2.05, 4.69) is 209 Å². The predicted octanol–water partition coefficient (Wildman–Crippen LogP) is 12.8. The Morgan fingerprint density at radius 2 is 1.02 bits per heavy atom. The molecule has 1 fully saturated rings. The fraction of sp³-hybridized carbons (Fsp3) is 0.0769. The summed E-state index contributed by atoms with van der Waals surface area (Å²) in [5.41, 5.74) is 12.5. The van der Waals surface area contributed by atoms with E-state index in [0.717, 1.165) is 66.3 Å². The van der Waals surface area contributed by atoms with Crippen molar-refractivity contribution in [2.75, 3.05) is 7.05 Å². The van der Waals surface area contributed by atoms with Gasteiger partial charge in [0.2, 0.25) is 0 Å². The van der Waals surface area contributed by atoms with Crippen LogP contribution in [-0.4, -0.2) is 16.5 Å². The maximum atomic E-state index is 6.87. The number of furan rings is 2. The van der Waals surface area contributed by atoms with Gasteiger partial charge >= 0.3 is 0 Å². The minimum Gasteiger partial charge on any atom is -0.456 e. The molecule has 0 spiro atoms. The summed E-state index contributed by atoms with van der Waals surface area (Å²) in [7, 11) is 2.17. The highest BCUT2D eigenvalue weighted by Crippen LogP contribution is 2.43. The maximum absolute atomic E-state index is 6.87. The van der Waals surface area contributed by atoms with E-state index in [4.69, 9.17) is 8.83 Å². The summed E-state index contributed by atoms with van der Waals surface area (Å²) >= 11 is 0. The second kappa shape index (κ2) is 13.0. The van der Waals surface area contributed by atoms with Crippen LogP contribution in [0.15, 0.2) is 191 Å². The molecule has 2 atom stereocenters. The van der Waals surface area contributed by atoms with E-state index < -0.39 is 0 Å². The standard InChI is InChI=1S/C52H38N4O2/c1-55-51(32-14-4-2-5-15-32)53-50(54-52(55)33-16-6-3-7-17-33)34-26-28-42-46(30-34)57-45-25-13-20-39(48(42)45)41-22-12-21-40-38-29-27-35(31-47(38)58-49(40)41)56-43-23-10-8-18-36(43)37-19-9-11-24-44(37)56/h2-31,50-54H,1H3. The Morgan fingerprint density at radius 1 is 0.431 bits per heavy atom. The smallest absolute Gasteiger partial charge is 0.143 e. The number of fused-ring (bicyclic) bond motifs is 9. The van der Waals surface area contributed by atoms with Gasteiger partial charge in [0.1, 0.15) is 22.3 Å². The molecule has 6 heteroatoms. The first-order valence-electron chi connectivity index (χ1n) is 19.9. The number of nitrogens with zero attached hydrogens (tertiary/aromatic N) is 2. The number of hydrogen-bond donors (Lipinski definition) is 2. The van der Waals surface area contributed by atoms with Gasteiger partial charge in [0.15, 0.2) is 0 Å². The maximum Gasteiger partial charge on any atom is 0.143 e. The van der Waals surface area contributed by atoms with Crippen molar-refractivity contribution in [1.82, 2.24) is 20.1 Å². The first kappa shape index (κ1) is 33.2. The molecular weight excluding hydrogens is 713 g/mol. The Hall–Kier alpha value is -6.96. The average molecular weight is 751 g/mol. The SMILES string of the molecule is CN1C(c2ccccc2)NC(c2ccc3c(c2)oc2cccc(-c4cccc5c4oc4cc(-n6c7ccccc7c7ccccc76)ccc45)c23)NC1c1ccccc1. The summed E-state index contributed by atoms with van der Waals surface area (Å²) in [6.07, 6.45) is -0.128. The van der Waals surface area contributed by atoms with Crippen LogP contribution in [0.5, 0.6) is 0 Å². The molecule has 58 heavy (non-hydrogen) atoms. The van der Waals surface area contributed by atoms with Crippen LogP contribution in [0, 0.1) is 0 Å². The second-order valence-corrected chi connectivity index (χ2v) is 15.4. The van der Waals surface area contributed by atoms with Gasteiger partial charge in [-0.1, -0.05) is 140 Å². The molecule has 3 aromatic heterocycles. The van der Waals surface area contributed by atoms with Gasteiger partial charge in [-0.3, -0.25) is 15.5 Å². The Kier molecular flexibility index (Phi) is 7.47. The molecule has 2 unspecified atom stereocenters. The van der Waals surface area contributed by atoms with E-state index in [1.54, 1.807) is 0 Å². The summed E-state index contributed by atoms with van der Waals surface area (Å²) in [4.78, 5) is 2.36. The molecule has 278 valence electrons. The molecule has 1 saturated heterocycles. The molecule has 8 aromatic carbocycles. The highest BCUT2D eigenvalue weighted by Gasteiger charge is 2.35. The second-order valence-electron chi connectivity index (χ2n) is 15.4. The number of rotatable bonds is 5. The molecule has 4 heterocycles. The van der Waals surface area contributed by atoms with E-state index in [0.29, 0.717) is 0 Å². The van der Waals surface area contributed by atoms with Crippen molar-refractivity contribution in [1.29, 1.82) is 0 Å². The van der Waals surface area contributed by atoms with Crippen LogP contribution in [0.25, 0.3) is 82.5 Å². The van der Waals surface area contributed by atoms with Gasteiger partial charge in [-0.25, -0.2) is 0 Å². The fourth-order valence-corrected chi connectivity index (χ4v) is 9.46. The van der Waals surface area contributed by atoms with E-state index in [1.807, 2.05) is 0 Å². The molecule has 0 amide bonds. The summed E-state index contributed by atoms with van der Waals surface area (Å²) in [6, 6.07) is 64.6. The molecule has 2 N–H and O–H groups in total. The Labute approximate surface area is 334 Å². The van der Waals surface area contributed by atoms with Crippen molar-refractivity contribution in [2.24, 2.45) is 0 Å². The number of nitrogens with one attached hydrogen (secondary N) is 2. The minimum absolute atomic E-state index is 0.00187. The van der Waals surface area contributed by atoms with Crippen LogP contribution in [0.2, 0.25) is 0 Å². The number of para-hydroxylation sites is 3. The van der Waals surface area contributed by atoms with Gasteiger partial charge in [0.25, 0.3) is 0 Å². The summed E-state index contributed by atoms with van der Waals surface area (Å²) in [5, 5.41) is 14.6. The van der Waals surface area contributed by atoms with Crippen LogP contribution < -0.4 is 10.6 Å². The van der Waals surface area contributed by atoms with Crippen LogP contribution in [0.1, 0.15) is 35.2 Å². The van der Waals surface area contributed by atoms with Gasteiger partial charge in [0, 0.05) is 49.6 Å². The normalized spacial score (nSPS) is 17.7. The van der Waals surface area contributed by atoms with Crippen molar-refractivity contribution in [2.45, 2.75) is 18.5 Å². The third-order valence-electron chi connectivity index (χ3n) is 12.2. The summed E-state index contributed by atoms with van der Waals surface area (Å²) in [6.45, 7) is 0. The summed E-state index contributed by atoms with van der Waals surface area (Å²) in [5.74, 6) is 0. The topological polar surface area (TPSA) is 58.5 Å². The fourth-order valence-electron chi connectivity index (χ4n) is 9.46. The average Bonchev–Trinajstić information content (AvgIpc) is 3.96. The largest absolute Gasteiger partial charge is 0.456 e. The van der Waals surface area contributed by atoms with E-state index >= 15 is 0 Å². The molecule has 11 aromatic rings. The highest BCUT2D eigenvalue weighted by molar-refractivity contribution is 6.17. The Morgan fingerprint density at radius 3 is 1.72 bits per heavy atom. The molecule has 6 nitrogen and oxygen atoms in total.